The van der Waals surface area contributed by atoms with Crippen LogP contribution in [0.4, 0.5) is 10.1 Å². The highest BCUT2D eigenvalue weighted by Gasteiger charge is 2.20. The summed E-state index contributed by atoms with van der Waals surface area (Å²) in [7, 11) is 1.17. The molecule has 1 amide bonds. The van der Waals surface area contributed by atoms with Crippen LogP contribution in [0.15, 0.2) is 18.2 Å². The zero-order valence-corrected chi connectivity index (χ0v) is 7.69. The number of amides is 1. The Morgan fingerprint density at radius 2 is 2.27 bits per heavy atom. The molecule has 6 nitrogen and oxygen atoms in total. The average Bonchev–Trinajstić information content (AvgIpc) is 2.17. The lowest BCUT2D eigenvalue weighted by atomic mass is 10.1. The Hall–Kier alpha value is -2.02. The van der Waals surface area contributed by atoms with Crippen LogP contribution in [0.5, 0.6) is 0 Å². The van der Waals surface area contributed by atoms with Gasteiger partial charge in [-0.2, -0.15) is 0 Å². The second kappa shape index (κ2) is 4.47. The van der Waals surface area contributed by atoms with Crippen molar-refractivity contribution in [3.8, 4) is 0 Å². The van der Waals surface area contributed by atoms with Crippen molar-refractivity contribution < 1.29 is 18.9 Å². The maximum absolute atomic E-state index is 12.8. The molecule has 1 rings (SSSR count). The molecule has 1 aromatic rings. The number of benzene rings is 1. The molecule has 0 aliphatic carbocycles. The van der Waals surface area contributed by atoms with Crippen LogP contribution in [0.1, 0.15) is 10.4 Å². The van der Waals surface area contributed by atoms with Crippen molar-refractivity contribution in [2.24, 2.45) is 0 Å². The third-order valence-electron chi connectivity index (χ3n) is 1.59. The predicted molar refractivity (Wildman–Crippen MR) is 47.5 cm³/mol. The third-order valence-corrected chi connectivity index (χ3v) is 1.59. The Labute approximate surface area is 83.8 Å². The molecule has 0 spiro atoms. The molecule has 0 unspecified atom stereocenters. The zero-order chi connectivity index (χ0) is 11.4. The summed E-state index contributed by atoms with van der Waals surface area (Å²) in [5.41, 5.74) is 1.01. The minimum atomic E-state index is -0.872. The highest BCUT2D eigenvalue weighted by molar-refractivity contribution is 5.97. The second-order valence-electron chi connectivity index (χ2n) is 2.55. The van der Waals surface area contributed by atoms with Crippen molar-refractivity contribution in [1.29, 1.82) is 0 Å². The fourth-order valence-corrected chi connectivity index (χ4v) is 0.997. The van der Waals surface area contributed by atoms with Crippen LogP contribution in [0.25, 0.3) is 0 Å². The molecule has 7 heteroatoms. The number of nitrogens with zero attached hydrogens (tertiary/aromatic N) is 1. The summed E-state index contributed by atoms with van der Waals surface area (Å²) < 4.78 is 12.8. The summed E-state index contributed by atoms with van der Waals surface area (Å²) in [6, 6.07) is 2.59. The molecule has 0 aromatic heterocycles. The number of rotatable bonds is 3. The molecule has 1 aromatic carbocycles. The van der Waals surface area contributed by atoms with Gasteiger partial charge in [0.15, 0.2) is 0 Å². The molecule has 0 saturated heterocycles. The lowest BCUT2D eigenvalue weighted by molar-refractivity contribution is -0.385. The number of halogens is 1. The van der Waals surface area contributed by atoms with E-state index in [-0.39, 0.29) is 5.56 Å². The summed E-state index contributed by atoms with van der Waals surface area (Å²) >= 11 is 0. The van der Waals surface area contributed by atoms with Gasteiger partial charge in [0.25, 0.3) is 11.6 Å². The van der Waals surface area contributed by atoms with E-state index in [0.29, 0.717) is 0 Å². The van der Waals surface area contributed by atoms with Gasteiger partial charge in [0.2, 0.25) is 0 Å². The van der Waals surface area contributed by atoms with Gasteiger partial charge in [-0.15, -0.1) is 0 Å². The number of carbonyl (C=O) groups is 1. The highest BCUT2D eigenvalue weighted by Crippen LogP contribution is 2.19. The lowest BCUT2D eigenvalue weighted by Gasteiger charge is -2.02. The highest BCUT2D eigenvalue weighted by atomic mass is 19.1. The van der Waals surface area contributed by atoms with Crippen molar-refractivity contribution >= 4 is 11.6 Å². The van der Waals surface area contributed by atoms with Crippen LogP contribution in [-0.2, 0) is 4.84 Å². The largest absolute Gasteiger partial charge is 0.282 e. The molecule has 0 bridgehead atoms. The van der Waals surface area contributed by atoms with Crippen molar-refractivity contribution in [3.05, 3.63) is 39.7 Å². The summed E-state index contributed by atoms with van der Waals surface area (Å²) in [5, 5.41) is 10.5. The number of nitro groups is 1. The Bertz CT molecular complexity index is 408. The fraction of sp³-hybridized carbons (Fsp3) is 0.125. The summed E-state index contributed by atoms with van der Waals surface area (Å²) in [4.78, 5) is 25.2. The van der Waals surface area contributed by atoms with Gasteiger partial charge in [-0.05, 0) is 12.1 Å². The van der Waals surface area contributed by atoms with Crippen LogP contribution in [-0.4, -0.2) is 17.9 Å². The molecule has 0 fully saturated rings. The topological polar surface area (TPSA) is 81.5 Å². The Morgan fingerprint density at radius 1 is 1.60 bits per heavy atom. The van der Waals surface area contributed by atoms with E-state index in [1.54, 1.807) is 0 Å². The monoisotopic (exact) mass is 214 g/mol. The standard InChI is InChI=1S/C8H7FN2O4/c1-15-10-8(12)6-4-5(9)2-3-7(6)11(13)14/h2-4H,1H3,(H,10,12). The number of hydroxylamine groups is 1. The summed E-state index contributed by atoms with van der Waals surface area (Å²) in [6.07, 6.45) is 0. The Kier molecular flexibility index (Phi) is 3.29. The molecule has 15 heavy (non-hydrogen) atoms. The van der Waals surface area contributed by atoms with Crippen LogP contribution in [0, 0.1) is 15.9 Å². The van der Waals surface area contributed by atoms with E-state index in [0.717, 1.165) is 18.2 Å². The van der Waals surface area contributed by atoms with Gasteiger partial charge in [0.05, 0.1) is 12.0 Å². The number of nitrogens with one attached hydrogen (secondary N) is 1. The van der Waals surface area contributed by atoms with Gasteiger partial charge in [0, 0.05) is 6.07 Å². The van der Waals surface area contributed by atoms with E-state index >= 15 is 0 Å². The molecule has 0 heterocycles. The van der Waals surface area contributed by atoms with Gasteiger partial charge in [-0.1, -0.05) is 0 Å². The van der Waals surface area contributed by atoms with Crippen molar-refractivity contribution in [1.82, 2.24) is 5.48 Å². The quantitative estimate of drug-likeness (QED) is 0.601. The van der Waals surface area contributed by atoms with Crippen LogP contribution in [0.2, 0.25) is 0 Å². The number of hydrogen-bond acceptors (Lipinski definition) is 4. The van der Waals surface area contributed by atoms with Gasteiger partial charge in [-0.25, -0.2) is 9.87 Å². The SMILES string of the molecule is CONC(=O)c1cc(F)ccc1[N+](=O)[O-]. The molecule has 1 N–H and O–H groups in total. The van der Waals surface area contributed by atoms with E-state index in [1.807, 2.05) is 5.48 Å². The first-order valence-corrected chi connectivity index (χ1v) is 3.83. The van der Waals surface area contributed by atoms with Gasteiger partial charge >= 0.3 is 0 Å². The fourth-order valence-electron chi connectivity index (χ4n) is 0.997. The molecule has 0 aliphatic rings. The maximum atomic E-state index is 12.8. The maximum Gasteiger partial charge on any atom is 0.282 e. The minimum Gasteiger partial charge on any atom is -0.277 e. The van der Waals surface area contributed by atoms with E-state index in [1.165, 1.54) is 7.11 Å². The van der Waals surface area contributed by atoms with Crippen molar-refractivity contribution in [3.63, 3.8) is 0 Å². The zero-order valence-electron chi connectivity index (χ0n) is 7.69. The van der Waals surface area contributed by atoms with Gasteiger partial charge in [0.1, 0.15) is 11.4 Å². The van der Waals surface area contributed by atoms with E-state index in [2.05, 4.69) is 4.84 Å². The Morgan fingerprint density at radius 3 is 2.80 bits per heavy atom. The summed E-state index contributed by atoms with van der Waals surface area (Å²) in [6.45, 7) is 0. The summed E-state index contributed by atoms with van der Waals surface area (Å²) in [5.74, 6) is -1.61. The smallest absolute Gasteiger partial charge is 0.277 e. The van der Waals surface area contributed by atoms with E-state index in [9.17, 15) is 19.3 Å². The normalized spacial score (nSPS) is 9.73. The number of carbonyl (C=O) groups excluding carboxylic acids is 1. The van der Waals surface area contributed by atoms with Gasteiger partial charge < -0.3 is 0 Å². The van der Waals surface area contributed by atoms with E-state index < -0.39 is 22.3 Å². The molecule has 0 saturated carbocycles. The first kappa shape index (κ1) is 11.1. The number of hydrogen-bond donors (Lipinski definition) is 1. The molecule has 0 radical (unpaired) electrons. The third kappa shape index (κ3) is 2.47. The first-order chi connectivity index (χ1) is 7.06. The predicted octanol–water partition coefficient (Wildman–Crippen LogP) is 1.03. The van der Waals surface area contributed by atoms with Crippen molar-refractivity contribution in [2.45, 2.75) is 0 Å². The Balaban J connectivity index is 3.18. The molecular weight excluding hydrogens is 207 g/mol. The lowest BCUT2D eigenvalue weighted by Crippen LogP contribution is -2.22. The molecular formula is C8H7FN2O4. The number of nitro benzene ring substituents is 1. The molecule has 80 valence electrons. The average molecular weight is 214 g/mol. The second-order valence-corrected chi connectivity index (χ2v) is 2.55. The van der Waals surface area contributed by atoms with Crippen LogP contribution < -0.4 is 5.48 Å². The molecule has 0 aliphatic heterocycles. The minimum absolute atomic E-state index is 0.387. The van der Waals surface area contributed by atoms with Crippen LogP contribution in [0.3, 0.4) is 0 Å². The molecule has 0 atom stereocenters. The van der Waals surface area contributed by atoms with Crippen LogP contribution >= 0.6 is 0 Å². The van der Waals surface area contributed by atoms with E-state index in [4.69, 9.17) is 0 Å². The van der Waals surface area contributed by atoms with Crippen molar-refractivity contribution in [2.75, 3.05) is 7.11 Å². The first-order valence-electron chi connectivity index (χ1n) is 3.83. The van der Waals surface area contributed by atoms with Gasteiger partial charge in [-0.3, -0.25) is 19.7 Å².